The van der Waals surface area contributed by atoms with Crippen molar-refractivity contribution >= 4 is 23.3 Å². The molecule has 2 spiro atoms. The molecule has 1 aromatic rings. The second-order valence-corrected chi connectivity index (χ2v) is 16.6. The maximum absolute atomic E-state index is 13.2. The Kier molecular flexibility index (Phi) is 10.7. The third kappa shape index (κ3) is 5.83. The molecule has 1 aromatic heterocycles. The van der Waals surface area contributed by atoms with Gasteiger partial charge in [0, 0.05) is 46.8 Å². The van der Waals surface area contributed by atoms with Crippen molar-refractivity contribution in [1.82, 2.24) is 4.98 Å². The average Bonchev–Trinajstić information content (AvgIpc) is 3.96. The van der Waals surface area contributed by atoms with E-state index < -0.39 is 84.1 Å². The van der Waals surface area contributed by atoms with Crippen molar-refractivity contribution in [2.24, 2.45) is 23.2 Å². The van der Waals surface area contributed by atoms with Gasteiger partial charge < -0.3 is 54.6 Å². The van der Waals surface area contributed by atoms with E-state index in [2.05, 4.69) is 24.6 Å². The number of aliphatic carboxylic acids is 1. The molecule has 7 N–H and O–H groups in total. The lowest BCUT2D eigenvalue weighted by atomic mass is 9.60. The average molecular weight is 756 g/mol. The first-order valence-electron chi connectivity index (χ1n) is 19.8. The molecule has 298 valence electrons. The van der Waals surface area contributed by atoms with Crippen LogP contribution >= 0.6 is 0 Å². The summed E-state index contributed by atoms with van der Waals surface area (Å²) in [5.41, 5.74) is -2.99. The summed E-state index contributed by atoms with van der Waals surface area (Å²) in [6.45, 7) is 4.55. The van der Waals surface area contributed by atoms with Gasteiger partial charge in [0.1, 0.15) is 24.6 Å². The Balaban J connectivity index is 1.35. The van der Waals surface area contributed by atoms with Crippen molar-refractivity contribution in [2.75, 3.05) is 26.9 Å². The fourth-order valence-corrected chi connectivity index (χ4v) is 11.2. The molecule has 0 aromatic carbocycles. The summed E-state index contributed by atoms with van der Waals surface area (Å²) < 4.78 is 25.5. The lowest BCUT2D eigenvalue weighted by molar-refractivity contribution is -0.439. The van der Waals surface area contributed by atoms with Crippen LogP contribution in [-0.4, -0.2) is 110 Å². The summed E-state index contributed by atoms with van der Waals surface area (Å²) in [5, 5.41) is 69.4. The van der Waals surface area contributed by atoms with Crippen LogP contribution in [0.2, 0.25) is 0 Å². The minimum absolute atomic E-state index is 0.0995. The van der Waals surface area contributed by atoms with E-state index in [9.17, 15) is 40.2 Å². The number of hydrogen-bond acceptors (Lipinski definition) is 11. The number of esters is 1. The number of carboxylic acids is 1. The number of aliphatic hydroxyl groups excluding tert-OH is 4. The molecule has 2 bridgehead atoms. The SMILES string of the molecule is C=CC1C(CC(=O)O)C(C(=O)OC)=CC2(CCCC2)C1OC1(CO)OC(CO)C23OC(CCCO)=c4[nH]c(C(C)C5CCCC5)cc4=C2CCC1(O)C3O. The predicted molar refractivity (Wildman–Crippen MR) is 195 cm³/mol. The summed E-state index contributed by atoms with van der Waals surface area (Å²) in [7, 11) is 1.24. The maximum Gasteiger partial charge on any atom is 0.333 e. The normalized spacial score (nSPS) is 36.3. The van der Waals surface area contributed by atoms with Crippen LogP contribution in [0, 0.1) is 23.2 Å². The van der Waals surface area contributed by atoms with Crippen molar-refractivity contribution in [3.63, 3.8) is 0 Å². The molecule has 4 fully saturated rings. The van der Waals surface area contributed by atoms with Crippen LogP contribution in [0.5, 0.6) is 0 Å². The van der Waals surface area contributed by atoms with Gasteiger partial charge in [0.2, 0.25) is 5.79 Å². The zero-order chi connectivity index (χ0) is 38.6. The van der Waals surface area contributed by atoms with Crippen molar-refractivity contribution in [2.45, 2.75) is 132 Å². The minimum Gasteiger partial charge on any atom is -0.481 e. The monoisotopic (exact) mass is 755 g/mol. The predicted octanol–water partition coefficient (Wildman–Crippen LogP) is 2.03. The largest absolute Gasteiger partial charge is 0.481 e. The van der Waals surface area contributed by atoms with Gasteiger partial charge in [-0.3, -0.25) is 4.79 Å². The highest BCUT2D eigenvalue weighted by atomic mass is 16.7. The number of H-pyrrole nitrogens is 1. The molecule has 3 saturated carbocycles. The van der Waals surface area contributed by atoms with Crippen LogP contribution in [-0.2, 0) is 28.5 Å². The number of aromatic nitrogens is 1. The van der Waals surface area contributed by atoms with Gasteiger partial charge in [-0.2, -0.15) is 0 Å². The van der Waals surface area contributed by atoms with Gasteiger partial charge in [-0.1, -0.05) is 44.8 Å². The van der Waals surface area contributed by atoms with E-state index in [1.54, 1.807) is 12.2 Å². The molecule has 13 heteroatoms. The Morgan fingerprint density at radius 1 is 1.13 bits per heavy atom. The van der Waals surface area contributed by atoms with Gasteiger partial charge in [-0.15, -0.1) is 6.58 Å². The van der Waals surface area contributed by atoms with Gasteiger partial charge in [0.25, 0.3) is 0 Å². The smallest absolute Gasteiger partial charge is 0.333 e. The van der Waals surface area contributed by atoms with Crippen LogP contribution in [0.4, 0.5) is 0 Å². The third-order valence-corrected chi connectivity index (χ3v) is 14.0. The Morgan fingerprint density at radius 2 is 1.85 bits per heavy atom. The van der Waals surface area contributed by atoms with E-state index in [0.29, 0.717) is 42.9 Å². The van der Waals surface area contributed by atoms with Gasteiger partial charge in [0.05, 0.1) is 31.6 Å². The second kappa shape index (κ2) is 14.8. The Bertz CT molecular complexity index is 1770. The lowest BCUT2D eigenvalue weighted by Crippen LogP contribution is -2.83. The van der Waals surface area contributed by atoms with E-state index >= 15 is 0 Å². The number of fused-ring (bicyclic) bond motifs is 2. The first-order chi connectivity index (χ1) is 25.9. The molecule has 9 atom stereocenters. The van der Waals surface area contributed by atoms with Crippen molar-refractivity contribution in [1.29, 1.82) is 0 Å². The van der Waals surface area contributed by atoms with Crippen LogP contribution in [0.1, 0.15) is 102 Å². The summed E-state index contributed by atoms with van der Waals surface area (Å²) in [4.78, 5) is 29.0. The maximum atomic E-state index is 13.2. The number of carboxylic acid groups (broad SMARTS) is 1. The van der Waals surface area contributed by atoms with Crippen LogP contribution in [0.15, 0.2) is 30.4 Å². The molecular weight excluding hydrogens is 698 g/mol. The first-order valence-corrected chi connectivity index (χ1v) is 19.8. The fourth-order valence-electron chi connectivity index (χ4n) is 11.2. The van der Waals surface area contributed by atoms with Crippen LogP contribution < -0.4 is 10.6 Å². The molecule has 13 nitrogen and oxygen atoms in total. The van der Waals surface area contributed by atoms with Crippen molar-refractivity contribution in [3.05, 3.63) is 46.6 Å². The zero-order valence-electron chi connectivity index (χ0n) is 31.4. The van der Waals surface area contributed by atoms with Crippen LogP contribution in [0.25, 0.3) is 11.3 Å². The quantitative estimate of drug-likeness (QED) is 0.114. The molecular formula is C41H57NO12. The Morgan fingerprint density at radius 3 is 2.46 bits per heavy atom. The van der Waals surface area contributed by atoms with E-state index in [1.165, 1.54) is 20.0 Å². The summed E-state index contributed by atoms with van der Waals surface area (Å²) in [6.07, 6.45) is 6.94. The number of aromatic amines is 1. The molecule has 7 rings (SSSR count). The van der Waals surface area contributed by atoms with Gasteiger partial charge in [0.15, 0.2) is 11.2 Å². The number of aliphatic hydroxyl groups is 5. The first kappa shape index (κ1) is 39.2. The number of methoxy groups -OCH3 is 1. The van der Waals surface area contributed by atoms with Crippen molar-refractivity contribution < 1.29 is 59.2 Å². The molecule has 1 saturated heterocycles. The second-order valence-electron chi connectivity index (χ2n) is 16.6. The van der Waals surface area contributed by atoms with E-state index in [4.69, 9.17) is 18.9 Å². The van der Waals surface area contributed by atoms with Crippen LogP contribution in [0.3, 0.4) is 0 Å². The third-order valence-electron chi connectivity index (χ3n) is 14.0. The summed E-state index contributed by atoms with van der Waals surface area (Å²) in [6, 6.07) is 2.10. The number of nitrogens with one attached hydrogen (secondary N) is 1. The number of ether oxygens (including phenoxy) is 4. The number of rotatable bonds is 13. The van der Waals surface area contributed by atoms with E-state index in [1.807, 2.05) is 0 Å². The highest BCUT2D eigenvalue weighted by molar-refractivity contribution is 5.90. The Labute approximate surface area is 315 Å². The summed E-state index contributed by atoms with van der Waals surface area (Å²) >= 11 is 0. The number of hydrogen-bond donors (Lipinski definition) is 7. The standard InChI is InChI=1S/C41H57NO12/c1-4-25-26(19-33(46)47)28(36(48)51-3)20-38(14-7-8-15-38)35(25)54-40(22-45)39(50)16-13-29-27-18-30(23(2)24-10-5-6-11-24)42-34(27)31(12-9-17-43)52-41(29,37(39)49)32(21-44)53-40/h4,18,20,23-26,32,35,37,42-45,49-50H,1,5-17,19,21-22H2,2-3H3,(H,46,47). The molecule has 6 aliphatic rings. The molecule has 54 heavy (non-hydrogen) atoms. The Hall–Kier alpha value is -3.04. The molecule has 0 radical (unpaired) electrons. The molecule has 4 aliphatic carbocycles. The van der Waals surface area contributed by atoms with Gasteiger partial charge in [-0.25, -0.2) is 4.79 Å². The highest BCUT2D eigenvalue weighted by Gasteiger charge is 2.76. The van der Waals surface area contributed by atoms with E-state index in [-0.39, 0.29) is 30.9 Å². The lowest BCUT2D eigenvalue weighted by Gasteiger charge is -2.65. The van der Waals surface area contributed by atoms with Gasteiger partial charge >= 0.3 is 11.9 Å². The number of carbonyl (C=O) groups is 2. The molecule has 3 heterocycles. The zero-order valence-corrected chi connectivity index (χ0v) is 31.4. The fraction of sp³-hybridized carbons (Fsp3) is 0.707. The van der Waals surface area contributed by atoms with Gasteiger partial charge in [-0.05, 0) is 68.4 Å². The summed E-state index contributed by atoms with van der Waals surface area (Å²) in [5.74, 6) is -4.58. The highest BCUT2D eigenvalue weighted by Crippen LogP contribution is 2.60. The molecule has 2 aliphatic heterocycles. The topological polar surface area (TPSA) is 208 Å². The molecule has 9 unspecified atom stereocenters. The number of carbonyl (C=O) groups excluding carboxylic acids is 1. The minimum atomic E-state index is -2.31. The van der Waals surface area contributed by atoms with E-state index in [0.717, 1.165) is 41.9 Å². The molecule has 0 amide bonds. The van der Waals surface area contributed by atoms with Crippen molar-refractivity contribution in [3.8, 4) is 0 Å².